The molecule has 0 spiro atoms. The van der Waals surface area contributed by atoms with E-state index in [2.05, 4.69) is 75.9 Å². The molecule has 0 radical (unpaired) electrons. The largest absolute Gasteiger partial charge is 0.374 e. The average molecular weight is 300 g/mol. The zero-order valence-electron chi connectivity index (χ0n) is 15.2. The molecule has 0 aromatic carbocycles. The Hall–Kier alpha value is -1.44. The molecule has 2 nitrogen and oxygen atoms in total. The third-order valence-electron chi connectivity index (χ3n) is 4.88. The zero-order chi connectivity index (χ0) is 16.3. The third-order valence-corrected chi connectivity index (χ3v) is 4.88. The Morgan fingerprint density at radius 3 is 2.77 bits per heavy atom. The van der Waals surface area contributed by atoms with Crippen LogP contribution < -0.4 is 0 Å². The molecule has 2 aliphatic heterocycles. The van der Waals surface area contributed by atoms with E-state index in [-0.39, 0.29) is 0 Å². The van der Waals surface area contributed by atoms with Crippen molar-refractivity contribution in [2.24, 2.45) is 5.92 Å². The minimum atomic E-state index is 0.489. The summed E-state index contributed by atoms with van der Waals surface area (Å²) in [5.41, 5.74) is 6.05. The molecule has 22 heavy (non-hydrogen) atoms. The van der Waals surface area contributed by atoms with Gasteiger partial charge < -0.3 is 9.80 Å². The van der Waals surface area contributed by atoms with Crippen molar-refractivity contribution >= 4 is 0 Å². The highest BCUT2D eigenvalue weighted by molar-refractivity contribution is 5.39. The lowest BCUT2D eigenvalue weighted by Gasteiger charge is -2.27. The van der Waals surface area contributed by atoms with Gasteiger partial charge in [-0.15, -0.1) is 0 Å². The second-order valence-corrected chi connectivity index (χ2v) is 6.94. The third kappa shape index (κ3) is 3.48. The molecule has 2 aliphatic rings. The summed E-state index contributed by atoms with van der Waals surface area (Å²) in [5.74, 6) is 0.579. The number of fused-ring (bicyclic) bond motifs is 1. The van der Waals surface area contributed by atoms with Crippen molar-refractivity contribution in [1.29, 1.82) is 0 Å². The van der Waals surface area contributed by atoms with Gasteiger partial charge in [0.15, 0.2) is 0 Å². The molecule has 0 aliphatic carbocycles. The fourth-order valence-electron chi connectivity index (χ4n) is 3.72. The van der Waals surface area contributed by atoms with Crippen molar-refractivity contribution in [3.63, 3.8) is 0 Å². The number of allylic oxidation sites excluding steroid dienone is 4. The first-order valence-corrected chi connectivity index (χ1v) is 8.68. The summed E-state index contributed by atoms with van der Waals surface area (Å²) in [6.07, 6.45) is 11.7. The fraction of sp³-hybridized carbons (Fsp3) is 0.600. The summed E-state index contributed by atoms with van der Waals surface area (Å²) in [5, 5.41) is 0. The van der Waals surface area contributed by atoms with Crippen LogP contribution in [0.3, 0.4) is 0 Å². The molecule has 122 valence electrons. The molecular weight excluding hydrogens is 268 g/mol. The molecule has 0 N–H and O–H groups in total. The van der Waals surface area contributed by atoms with E-state index in [4.69, 9.17) is 0 Å². The van der Waals surface area contributed by atoms with Gasteiger partial charge in [-0.25, -0.2) is 0 Å². The number of hydrogen-bond donors (Lipinski definition) is 0. The topological polar surface area (TPSA) is 6.48 Å². The van der Waals surface area contributed by atoms with Gasteiger partial charge in [0.05, 0.1) is 6.04 Å². The summed E-state index contributed by atoms with van der Waals surface area (Å²) in [6.45, 7) is 13.4. The fourth-order valence-corrected chi connectivity index (χ4v) is 3.72. The lowest BCUT2D eigenvalue weighted by Crippen LogP contribution is -2.28. The molecule has 2 heterocycles. The maximum atomic E-state index is 2.47. The van der Waals surface area contributed by atoms with E-state index < -0.39 is 0 Å². The molecule has 0 aromatic rings. The van der Waals surface area contributed by atoms with Gasteiger partial charge in [0.2, 0.25) is 0 Å². The van der Waals surface area contributed by atoms with Gasteiger partial charge >= 0.3 is 0 Å². The summed E-state index contributed by atoms with van der Waals surface area (Å²) < 4.78 is 0. The number of rotatable bonds is 6. The van der Waals surface area contributed by atoms with Crippen LogP contribution in [0.15, 0.2) is 46.8 Å². The Morgan fingerprint density at radius 1 is 1.45 bits per heavy atom. The van der Waals surface area contributed by atoms with Gasteiger partial charge in [0, 0.05) is 32.0 Å². The van der Waals surface area contributed by atoms with Crippen molar-refractivity contribution in [2.75, 3.05) is 20.1 Å². The van der Waals surface area contributed by atoms with Gasteiger partial charge in [-0.2, -0.15) is 0 Å². The average Bonchev–Trinajstić information content (AvgIpc) is 2.76. The van der Waals surface area contributed by atoms with Gasteiger partial charge in [0.25, 0.3) is 0 Å². The Labute approximate surface area is 136 Å². The second kappa shape index (κ2) is 7.21. The smallest absolute Gasteiger partial charge is 0.0691 e. The summed E-state index contributed by atoms with van der Waals surface area (Å²) in [6, 6.07) is 0.489. The predicted molar refractivity (Wildman–Crippen MR) is 96.6 cm³/mol. The molecule has 0 fully saturated rings. The van der Waals surface area contributed by atoms with Crippen LogP contribution in [-0.2, 0) is 0 Å². The Kier molecular flexibility index (Phi) is 5.55. The van der Waals surface area contributed by atoms with E-state index in [0.29, 0.717) is 12.0 Å². The number of hydrogen-bond acceptors (Lipinski definition) is 2. The van der Waals surface area contributed by atoms with Crippen LogP contribution in [0, 0.1) is 5.92 Å². The van der Waals surface area contributed by atoms with E-state index in [1.165, 1.54) is 24.1 Å². The maximum absolute atomic E-state index is 2.47. The molecule has 2 heteroatoms. The van der Waals surface area contributed by atoms with Crippen LogP contribution in [0.2, 0.25) is 0 Å². The van der Waals surface area contributed by atoms with E-state index >= 15 is 0 Å². The highest BCUT2D eigenvalue weighted by Gasteiger charge is 2.29. The van der Waals surface area contributed by atoms with Gasteiger partial charge in [-0.1, -0.05) is 39.3 Å². The Bertz CT molecular complexity index is 520. The molecule has 0 amide bonds. The van der Waals surface area contributed by atoms with Gasteiger partial charge in [-0.3, -0.25) is 0 Å². The summed E-state index contributed by atoms with van der Waals surface area (Å²) >= 11 is 0. The first kappa shape index (κ1) is 16.9. The van der Waals surface area contributed by atoms with Crippen LogP contribution in [-0.4, -0.2) is 36.0 Å². The minimum Gasteiger partial charge on any atom is -0.374 e. The monoisotopic (exact) mass is 300 g/mol. The van der Waals surface area contributed by atoms with Gasteiger partial charge in [0.1, 0.15) is 0 Å². The second-order valence-electron chi connectivity index (χ2n) is 6.94. The molecule has 0 saturated heterocycles. The molecule has 2 rings (SSSR count). The summed E-state index contributed by atoms with van der Waals surface area (Å²) in [7, 11) is 2.22. The first-order chi connectivity index (χ1) is 10.5. The van der Waals surface area contributed by atoms with Gasteiger partial charge in [-0.05, 0) is 49.0 Å². The van der Waals surface area contributed by atoms with Crippen LogP contribution in [0.4, 0.5) is 0 Å². The van der Waals surface area contributed by atoms with Crippen molar-refractivity contribution in [1.82, 2.24) is 9.80 Å². The van der Waals surface area contributed by atoms with Crippen molar-refractivity contribution in [3.8, 4) is 0 Å². The van der Waals surface area contributed by atoms with Crippen LogP contribution in [0.1, 0.15) is 47.5 Å². The van der Waals surface area contributed by atoms with Crippen molar-refractivity contribution in [3.05, 3.63) is 46.8 Å². The predicted octanol–water partition coefficient (Wildman–Crippen LogP) is 4.73. The number of nitrogens with zero attached hydrogens (tertiary/aromatic N) is 2. The normalized spacial score (nSPS) is 21.6. The quantitative estimate of drug-likeness (QED) is 0.654. The van der Waals surface area contributed by atoms with E-state index in [0.717, 1.165) is 13.1 Å². The van der Waals surface area contributed by atoms with Crippen molar-refractivity contribution < 1.29 is 0 Å². The summed E-state index contributed by atoms with van der Waals surface area (Å²) in [4.78, 5) is 4.89. The molecule has 1 atom stereocenters. The van der Waals surface area contributed by atoms with Crippen molar-refractivity contribution in [2.45, 2.75) is 53.5 Å². The molecule has 1 unspecified atom stereocenters. The maximum Gasteiger partial charge on any atom is 0.0691 e. The zero-order valence-corrected chi connectivity index (χ0v) is 15.2. The Morgan fingerprint density at radius 2 is 2.18 bits per heavy atom. The van der Waals surface area contributed by atoms with Crippen LogP contribution in [0.5, 0.6) is 0 Å². The Balaban J connectivity index is 2.12. The SMILES string of the molecule is C/C=C(/C(C)C)N(C)CC1=C(C)C2C=C(CCC)C=CN2C1. The number of likely N-dealkylation sites (N-methyl/N-ethyl adjacent to an activating group) is 1. The molecule has 0 aromatic heterocycles. The molecular formula is C20H32N2. The van der Waals surface area contributed by atoms with Crippen LogP contribution in [0.25, 0.3) is 0 Å². The molecule has 0 saturated carbocycles. The standard InChI is InChI=1S/C20H32N2/c1-7-9-17-10-11-22-14-18(16(5)20(22)12-17)13-21(6)19(8-2)15(3)4/h8,10-12,15,20H,7,9,13-14H2,1-6H3/b19-8-. The highest BCUT2D eigenvalue weighted by atomic mass is 15.2. The van der Waals surface area contributed by atoms with Crippen LogP contribution >= 0.6 is 0 Å². The minimum absolute atomic E-state index is 0.489. The lowest BCUT2D eigenvalue weighted by atomic mass is 9.99. The highest BCUT2D eigenvalue weighted by Crippen LogP contribution is 2.31. The van der Waals surface area contributed by atoms with E-state index in [1.807, 2.05) is 0 Å². The van der Waals surface area contributed by atoms with E-state index in [1.54, 1.807) is 11.1 Å². The first-order valence-electron chi connectivity index (χ1n) is 8.68. The lowest BCUT2D eigenvalue weighted by molar-refractivity contribution is 0.375. The van der Waals surface area contributed by atoms with E-state index in [9.17, 15) is 0 Å². The molecule has 0 bridgehead atoms.